The molecule has 1 fully saturated rings. The predicted octanol–water partition coefficient (Wildman–Crippen LogP) is 4.76. The van der Waals surface area contributed by atoms with Gasteiger partial charge in [0.1, 0.15) is 5.82 Å². The zero-order chi connectivity index (χ0) is 15.8. The van der Waals surface area contributed by atoms with Crippen LogP contribution in [0.1, 0.15) is 42.5 Å². The first-order chi connectivity index (χ1) is 11.2. The minimum Gasteiger partial charge on any atom is -0.298 e. The zero-order valence-electron chi connectivity index (χ0n) is 13.7. The first-order valence-corrected chi connectivity index (χ1v) is 9.49. The predicted molar refractivity (Wildman–Crippen MR) is 101 cm³/mol. The van der Waals surface area contributed by atoms with Crippen LogP contribution in [-0.4, -0.2) is 18.0 Å². The van der Waals surface area contributed by atoms with Crippen LogP contribution >= 0.6 is 23.7 Å². The van der Waals surface area contributed by atoms with Crippen molar-refractivity contribution in [1.29, 1.82) is 0 Å². The Kier molecular flexibility index (Phi) is 5.58. The Balaban J connectivity index is 0.00000169. The molecule has 0 amide bonds. The second-order valence-corrected chi connectivity index (χ2v) is 8.10. The number of rotatable bonds is 2. The van der Waals surface area contributed by atoms with Gasteiger partial charge in [-0.05, 0) is 43.4 Å². The maximum Gasteiger partial charge on any atom is 0.192 e. The van der Waals surface area contributed by atoms with E-state index in [0.717, 1.165) is 42.2 Å². The van der Waals surface area contributed by atoms with Crippen molar-refractivity contribution in [3.05, 3.63) is 44.7 Å². The molecule has 2 heterocycles. The van der Waals surface area contributed by atoms with E-state index in [-0.39, 0.29) is 23.7 Å². The number of halogens is 2. The van der Waals surface area contributed by atoms with Gasteiger partial charge in [-0.15, -0.1) is 23.7 Å². The van der Waals surface area contributed by atoms with E-state index in [9.17, 15) is 9.18 Å². The molecule has 0 atom stereocenters. The Hall–Kier alpha value is -0.970. The summed E-state index contributed by atoms with van der Waals surface area (Å²) in [5, 5.41) is 0.549. The van der Waals surface area contributed by atoms with Gasteiger partial charge in [0.25, 0.3) is 0 Å². The molecule has 0 saturated heterocycles. The van der Waals surface area contributed by atoms with Gasteiger partial charge in [-0.1, -0.05) is 19.3 Å². The lowest BCUT2D eigenvalue weighted by molar-refractivity contribution is 0.187. The molecule has 1 aliphatic carbocycles. The molecule has 0 bridgehead atoms. The fraction of sp³-hybridized carbons (Fsp3) is 0.526. The summed E-state index contributed by atoms with van der Waals surface area (Å²) < 4.78 is 14.4. The van der Waals surface area contributed by atoms with E-state index in [1.165, 1.54) is 49.1 Å². The highest BCUT2D eigenvalue weighted by molar-refractivity contribution is 7.18. The molecule has 2 aromatic rings. The monoisotopic (exact) mass is 367 g/mol. The molecule has 1 aromatic heterocycles. The third-order valence-electron chi connectivity index (χ3n) is 5.31. The topological polar surface area (TPSA) is 20.3 Å². The van der Waals surface area contributed by atoms with Gasteiger partial charge >= 0.3 is 0 Å². The van der Waals surface area contributed by atoms with Crippen molar-refractivity contribution in [1.82, 2.24) is 4.90 Å². The van der Waals surface area contributed by atoms with Gasteiger partial charge in [0.15, 0.2) is 5.43 Å². The molecule has 5 heteroatoms. The van der Waals surface area contributed by atoms with Crippen LogP contribution in [0.5, 0.6) is 0 Å². The highest BCUT2D eigenvalue weighted by Gasteiger charge is 2.24. The van der Waals surface area contributed by atoms with Crippen molar-refractivity contribution in [3.63, 3.8) is 0 Å². The van der Waals surface area contributed by atoms with Gasteiger partial charge in [0, 0.05) is 40.2 Å². The van der Waals surface area contributed by atoms with Crippen molar-refractivity contribution in [2.24, 2.45) is 5.92 Å². The van der Waals surface area contributed by atoms with Gasteiger partial charge in [-0.2, -0.15) is 0 Å². The molecule has 0 radical (unpaired) electrons. The molecule has 130 valence electrons. The zero-order valence-corrected chi connectivity index (χ0v) is 15.4. The third kappa shape index (κ3) is 3.51. The SMILES string of the molecule is Cl.O=c1c2c(sc3ccc(F)cc13)CCN(CC1CCCCC1)C2. The molecule has 0 unspecified atom stereocenters. The maximum atomic E-state index is 13.5. The summed E-state index contributed by atoms with van der Waals surface area (Å²) in [5.41, 5.74) is 0.955. The van der Waals surface area contributed by atoms with E-state index >= 15 is 0 Å². The maximum absolute atomic E-state index is 13.5. The Labute approximate surface area is 152 Å². The highest BCUT2D eigenvalue weighted by Crippen LogP contribution is 2.29. The molecule has 1 saturated carbocycles. The highest BCUT2D eigenvalue weighted by atomic mass is 35.5. The fourth-order valence-corrected chi connectivity index (χ4v) is 5.20. The van der Waals surface area contributed by atoms with E-state index in [4.69, 9.17) is 0 Å². The Bertz CT molecular complexity index is 785. The molecule has 1 aliphatic heterocycles. The molecule has 24 heavy (non-hydrogen) atoms. The summed E-state index contributed by atoms with van der Waals surface area (Å²) >= 11 is 1.67. The number of nitrogens with zero attached hydrogens (tertiary/aromatic N) is 1. The van der Waals surface area contributed by atoms with Crippen LogP contribution in [0.15, 0.2) is 23.0 Å². The minimum absolute atomic E-state index is 0. The third-order valence-corrected chi connectivity index (χ3v) is 6.58. The first kappa shape index (κ1) is 17.8. The molecule has 0 N–H and O–H groups in total. The lowest BCUT2D eigenvalue weighted by Crippen LogP contribution is -2.37. The summed E-state index contributed by atoms with van der Waals surface area (Å²) in [7, 11) is 0. The molecular weight excluding hydrogens is 345 g/mol. The first-order valence-electron chi connectivity index (χ1n) is 8.67. The fourth-order valence-electron chi connectivity index (χ4n) is 4.07. The number of hydrogen-bond donors (Lipinski definition) is 0. The summed E-state index contributed by atoms with van der Waals surface area (Å²) in [6, 6.07) is 4.59. The van der Waals surface area contributed by atoms with Crippen LogP contribution in [0, 0.1) is 11.7 Å². The lowest BCUT2D eigenvalue weighted by Gasteiger charge is -2.32. The normalized spacial score (nSPS) is 19.0. The quantitative estimate of drug-likeness (QED) is 0.762. The molecule has 1 aromatic carbocycles. The molecule has 4 rings (SSSR count). The summed E-state index contributed by atoms with van der Waals surface area (Å²) in [4.78, 5) is 16.4. The van der Waals surface area contributed by atoms with Gasteiger partial charge in [0.2, 0.25) is 0 Å². The van der Waals surface area contributed by atoms with Crippen molar-refractivity contribution in [2.45, 2.75) is 45.1 Å². The van der Waals surface area contributed by atoms with Crippen molar-refractivity contribution in [3.8, 4) is 0 Å². The van der Waals surface area contributed by atoms with E-state index in [2.05, 4.69) is 4.90 Å². The van der Waals surface area contributed by atoms with Crippen molar-refractivity contribution >= 4 is 33.8 Å². The Morgan fingerprint density at radius 3 is 2.79 bits per heavy atom. The summed E-state index contributed by atoms with van der Waals surface area (Å²) in [6.45, 7) is 2.91. The average Bonchev–Trinajstić information content (AvgIpc) is 2.57. The summed E-state index contributed by atoms with van der Waals surface area (Å²) in [5.74, 6) is 0.471. The number of fused-ring (bicyclic) bond motifs is 2. The van der Waals surface area contributed by atoms with Crippen LogP contribution in [0.4, 0.5) is 4.39 Å². The van der Waals surface area contributed by atoms with Crippen molar-refractivity contribution < 1.29 is 4.39 Å². The van der Waals surface area contributed by atoms with E-state index in [1.54, 1.807) is 17.4 Å². The van der Waals surface area contributed by atoms with E-state index in [1.807, 2.05) is 0 Å². The standard InChI is InChI=1S/C19H22FNOS.ClH/c20-14-6-7-17-15(10-14)19(22)16-12-21(9-8-18(16)23-17)11-13-4-2-1-3-5-13;/h6-7,10,13H,1-5,8-9,11-12H2;1H. The van der Waals surface area contributed by atoms with E-state index < -0.39 is 0 Å². The second kappa shape index (κ2) is 7.51. The largest absolute Gasteiger partial charge is 0.298 e. The van der Waals surface area contributed by atoms with Crippen LogP contribution in [0.3, 0.4) is 0 Å². The second-order valence-electron chi connectivity index (χ2n) is 6.96. The lowest BCUT2D eigenvalue weighted by atomic mass is 9.88. The Morgan fingerprint density at radius 2 is 2.00 bits per heavy atom. The minimum atomic E-state index is -0.323. The molecule has 0 spiro atoms. The van der Waals surface area contributed by atoms with Crippen LogP contribution < -0.4 is 5.43 Å². The van der Waals surface area contributed by atoms with Crippen LogP contribution in [-0.2, 0) is 13.0 Å². The van der Waals surface area contributed by atoms with Gasteiger partial charge in [0.05, 0.1) is 0 Å². The van der Waals surface area contributed by atoms with Gasteiger partial charge in [-0.3, -0.25) is 9.69 Å². The van der Waals surface area contributed by atoms with Crippen LogP contribution in [0.2, 0.25) is 0 Å². The Morgan fingerprint density at radius 1 is 1.21 bits per heavy atom. The average molecular weight is 368 g/mol. The molecular formula is C19H23ClFNOS. The van der Waals surface area contributed by atoms with E-state index in [0.29, 0.717) is 5.39 Å². The van der Waals surface area contributed by atoms with Gasteiger partial charge in [-0.25, -0.2) is 4.39 Å². The number of hydrogen-bond acceptors (Lipinski definition) is 3. The summed E-state index contributed by atoms with van der Waals surface area (Å²) in [6.07, 6.45) is 7.71. The van der Waals surface area contributed by atoms with Crippen LogP contribution in [0.25, 0.3) is 10.1 Å². The number of benzene rings is 1. The van der Waals surface area contributed by atoms with Gasteiger partial charge < -0.3 is 0 Å². The molecule has 2 nitrogen and oxygen atoms in total. The smallest absolute Gasteiger partial charge is 0.192 e. The molecule has 2 aliphatic rings. The van der Waals surface area contributed by atoms with Crippen molar-refractivity contribution in [2.75, 3.05) is 13.1 Å².